The summed E-state index contributed by atoms with van der Waals surface area (Å²) in [6, 6.07) is 0.712. The van der Waals surface area contributed by atoms with Gasteiger partial charge in [-0.3, -0.25) is 4.90 Å². The Kier molecular flexibility index (Phi) is 7.01. The molecule has 1 aliphatic rings. The van der Waals surface area contributed by atoms with E-state index in [1.54, 1.807) is 0 Å². The number of nitrogens with zero attached hydrogens (tertiary/aromatic N) is 2. The van der Waals surface area contributed by atoms with E-state index in [0.717, 1.165) is 6.54 Å². The van der Waals surface area contributed by atoms with Gasteiger partial charge in [-0.1, -0.05) is 0 Å². The van der Waals surface area contributed by atoms with E-state index in [4.69, 9.17) is 0 Å². The molecule has 1 aliphatic heterocycles. The lowest BCUT2D eigenvalue weighted by Gasteiger charge is -2.24. The van der Waals surface area contributed by atoms with E-state index in [9.17, 15) is 0 Å². The minimum atomic E-state index is 0.712. The second kappa shape index (κ2) is 8.04. The molecule has 0 aromatic heterocycles. The highest BCUT2D eigenvalue weighted by Crippen LogP contribution is 2.07. The molecule has 0 unspecified atom stereocenters. The quantitative estimate of drug-likeness (QED) is 0.692. The highest BCUT2D eigenvalue weighted by Gasteiger charge is 2.15. The molecular weight excluding hydrogens is 198 g/mol. The lowest BCUT2D eigenvalue weighted by atomic mass is 10.3. The van der Waals surface area contributed by atoms with Crippen molar-refractivity contribution >= 4 is 0 Å². The Balaban J connectivity index is 2.15. The van der Waals surface area contributed by atoms with Crippen molar-refractivity contribution in [1.29, 1.82) is 0 Å². The maximum atomic E-state index is 3.21. The highest BCUT2D eigenvalue weighted by atomic mass is 15.2. The molecule has 3 heteroatoms. The molecule has 1 rings (SSSR count). The topological polar surface area (TPSA) is 18.5 Å². The van der Waals surface area contributed by atoms with Gasteiger partial charge in [-0.05, 0) is 66.3 Å². The maximum Gasteiger partial charge on any atom is 0.0112 e. The van der Waals surface area contributed by atoms with E-state index in [-0.39, 0.29) is 0 Å². The van der Waals surface area contributed by atoms with Crippen molar-refractivity contribution in [1.82, 2.24) is 15.1 Å². The molecule has 1 fully saturated rings. The fourth-order valence-corrected chi connectivity index (χ4v) is 2.37. The number of unbranched alkanes of at least 4 members (excludes halogenated alkanes) is 1. The number of nitrogens with one attached hydrogen (secondary N) is 1. The van der Waals surface area contributed by atoms with Crippen LogP contribution in [0.3, 0.4) is 0 Å². The second-order valence-electron chi connectivity index (χ2n) is 5.14. The first-order chi connectivity index (χ1) is 7.74. The Morgan fingerprint density at radius 3 is 2.56 bits per heavy atom. The van der Waals surface area contributed by atoms with Crippen molar-refractivity contribution < 1.29 is 0 Å². The Morgan fingerprint density at radius 2 is 1.88 bits per heavy atom. The first-order valence-corrected chi connectivity index (χ1v) is 6.85. The van der Waals surface area contributed by atoms with Crippen molar-refractivity contribution in [2.45, 2.75) is 39.2 Å². The van der Waals surface area contributed by atoms with Crippen molar-refractivity contribution in [2.75, 3.05) is 46.3 Å². The van der Waals surface area contributed by atoms with E-state index in [2.05, 4.69) is 29.0 Å². The Labute approximate surface area is 101 Å². The summed E-state index contributed by atoms with van der Waals surface area (Å²) < 4.78 is 0. The number of rotatable bonds is 6. The van der Waals surface area contributed by atoms with E-state index in [0.29, 0.717) is 6.04 Å². The minimum Gasteiger partial charge on any atom is -0.320 e. The predicted molar refractivity (Wildman–Crippen MR) is 70.9 cm³/mol. The first-order valence-electron chi connectivity index (χ1n) is 6.85. The van der Waals surface area contributed by atoms with Gasteiger partial charge in [-0.15, -0.1) is 0 Å². The number of hydrogen-bond acceptors (Lipinski definition) is 3. The monoisotopic (exact) mass is 227 g/mol. The third-order valence-corrected chi connectivity index (χ3v) is 3.50. The summed E-state index contributed by atoms with van der Waals surface area (Å²) in [4.78, 5) is 5.24. The predicted octanol–water partition coefficient (Wildman–Crippen LogP) is 1.40. The zero-order valence-electron chi connectivity index (χ0n) is 11.3. The largest absolute Gasteiger partial charge is 0.320 e. The van der Waals surface area contributed by atoms with Gasteiger partial charge in [0.05, 0.1) is 0 Å². The molecule has 16 heavy (non-hydrogen) atoms. The third-order valence-electron chi connectivity index (χ3n) is 3.50. The Bertz CT molecular complexity index is 171. The van der Waals surface area contributed by atoms with Gasteiger partial charge in [-0.2, -0.15) is 0 Å². The van der Waals surface area contributed by atoms with Crippen molar-refractivity contribution in [2.24, 2.45) is 0 Å². The third kappa shape index (κ3) is 5.28. The van der Waals surface area contributed by atoms with Gasteiger partial charge < -0.3 is 10.2 Å². The summed E-state index contributed by atoms with van der Waals surface area (Å²) in [5.74, 6) is 0. The van der Waals surface area contributed by atoms with Crippen LogP contribution in [0.2, 0.25) is 0 Å². The van der Waals surface area contributed by atoms with Gasteiger partial charge in [-0.25, -0.2) is 0 Å². The summed E-state index contributed by atoms with van der Waals surface area (Å²) in [5.41, 5.74) is 0. The van der Waals surface area contributed by atoms with Crippen molar-refractivity contribution in [3.05, 3.63) is 0 Å². The molecule has 1 saturated heterocycles. The molecule has 0 atom stereocenters. The molecule has 1 heterocycles. The van der Waals surface area contributed by atoms with Gasteiger partial charge >= 0.3 is 0 Å². The van der Waals surface area contributed by atoms with Crippen LogP contribution < -0.4 is 5.32 Å². The minimum absolute atomic E-state index is 0.712. The van der Waals surface area contributed by atoms with E-state index < -0.39 is 0 Å². The fraction of sp³-hybridized carbons (Fsp3) is 1.00. The molecule has 0 saturated carbocycles. The molecule has 0 spiro atoms. The second-order valence-corrected chi connectivity index (χ2v) is 5.14. The number of hydrogen-bond donors (Lipinski definition) is 1. The molecule has 0 amide bonds. The van der Waals surface area contributed by atoms with Gasteiger partial charge in [0, 0.05) is 19.1 Å². The lowest BCUT2D eigenvalue weighted by Crippen LogP contribution is -2.35. The van der Waals surface area contributed by atoms with Crippen LogP contribution >= 0.6 is 0 Å². The van der Waals surface area contributed by atoms with Crippen LogP contribution in [0, 0.1) is 0 Å². The fourth-order valence-electron chi connectivity index (χ4n) is 2.37. The lowest BCUT2D eigenvalue weighted by molar-refractivity contribution is 0.219. The zero-order valence-corrected chi connectivity index (χ0v) is 11.3. The molecule has 1 N–H and O–H groups in total. The average Bonchev–Trinajstić information content (AvgIpc) is 2.50. The summed E-state index contributed by atoms with van der Waals surface area (Å²) in [6.07, 6.45) is 3.98. The van der Waals surface area contributed by atoms with Crippen molar-refractivity contribution in [3.63, 3.8) is 0 Å². The van der Waals surface area contributed by atoms with E-state index in [1.165, 1.54) is 52.0 Å². The summed E-state index contributed by atoms with van der Waals surface area (Å²) in [5, 5.41) is 3.21. The SMILES string of the molecule is CNCCCCN1CCCN(C(C)C)CC1. The highest BCUT2D eigenvalue weighted by molar-refractivity contribution is 4.71. The average molecular weight is 227 g/mol. The molecule has 0 aromatic carbocycles. The Morgan fingerprint density at radius 1 is 1.06 bits per heavy atom. The molecule has 0 aromatic rings. The zero-order chi connectivity index (χ0) is 11.8. The van der Waals surface area contributed by atoms with E-state index >= 15 is 0 Å². The van der Waals surface area contributed by atoms with Crippen LogP contribution in [0.15, 0.2) is 0 Å². The molecule has 0 aliphatic carbocycles. The normalized spacial score (nSPS) is 20.2. The van der Waals surface area contributed by atoms with Crippen LogP contribution in [-0.2, 0) is 0 Å². The Hall–Kier alpha value is -0.120. The van der Waals surface area contributed by atoms with Crippen LogP contribution in [0.4, 0.5) is 0 Å². The molecule has 0 radical (unpaired) electrons. The molecule has 96 valence electrons. The first kappa shape index (κ1) is 13.9. The standard InChI is InChI=1S/C13H29N3/c1-13(2)16-10-6-9-15(11-12-16)8-5-4-7-14-3/h13-14H,4-12H2,1-3H3. The smallest absolute Gasteiger partial charge is 0.0112 e. The molecule has 3 nitrogen and oxygen atoms in total. The molecular formula is C13H29N3. The van der Waals surface area contributed by atoms with Gasteiger partial charge in [0.25, 0.3) is 0 Å². The summed E-state index contributed by atoms with van der Waals surface area (Å²) in [7, 11) is 2.03. The van der Waals surface area contributed by atoms with Gasteiger partial charge in [0.15, 0.2) is 0 Å². The summed E-state index contributed by atoms with van der Waals surface area (Å²) in [6.45, 7) is 12.2. The van der Waals surface area contributed by atoms with Crippen molar-refractivity contribution in [3.8, 4) is 0 Å². The van der Waals surface area contributed by atoms with Crippen LogP contribution in [0.5, 0.6) is 0 Å². The van der Waals surface area contributed by atoms with Gasteiger partial charge in [0.1, 0.15) is 0 Å². The van der Waals surface area contributed by atoms with Gasteiger partial charge in [0.2, 0.25) is 0 Å². The van der Waals surface area contributed by atoms with Crippen LogP contribution in [0.25, 0.3) is 0 Å². The summed E-state index contributed by atoms with van der Waals surface area (Å²) >= 11 is 0. The molecule has 0 bridgehead atoms. The van der Waals surface area contributed by atoms with E-state index in [1.807, 2.05) is 7.05 Å². The maximum absolute atomic E-state index is 3.21. The van der Waals surface area contributed by atoms with Crippen LogP contribution in [0.1, 0.15) is 33.1 Å². The van der Waals surface area contributed by atoms with Crippen LogP contribution in [-0.4, -0.2) is 62.2 Å².